The number of ether oxygens (including phenoxy) is 4. The van der Waals surface area contributed by atoms with Gasteiger partial charge in [-0.15, -0.1) is 0 Å². The van der Waals surface area contributed by atoms with Crippen LogP contribution in [0.25, 0.3) is 0 Å². The maximum absolute atomic E-state index is 12.7. The second kappa shape index (κ2) is 10.1. The van der Waals surface area contributed by atoms with E-state index in [9.17, 15) is 9.59 Å². The first-order chi connectivity index (χ1) is 15.0. The van der Waals surface area contributed by atoms with Crippen LogP contribution < -0.4 is 19.5 Å². The fraction of sp³-hybridized carbons (Fsp3) is 0.227. The van der Waals surface area contributed by atoms with E-state index in [0.29, 0.717) is 35.2 Å². The summed E-state index contributed by atoms with van der Waals surface area (Å²) in [4.78, 5) is 24.0. The lowest BCUT2D eigenvalue weighted by Crippen LogP contribution is -2.17. The van der Waals surface area contributed by atoms with E-state index in [1.54, 1.807) is 55.4 Å². The van der Waals surface area contributed by atoms with Crippen molar-refractivity contribution in [2.24, 2.45) is 0 Å². The number of carbonyl (C=O) groups excluding carboxylic acids is 2. The molecular formula is C22H23N3O6. The molecule has 1 N–H and O–H groups in total. The summed E-state index contributed by atoms with van der Waals surface area (Å²) in [6.07, 6.45) is 1.60. The Morgan fingerprint density at radius 1 is 1.03 bits per heavy atom. The molecule has 1 aromatic heterocycles. The molecule has 0 spiro atoms. The van der Waals surface area contributed by atoms with Crippen LogP contribution >= 0.6 is 0 Å². The minimum absolute atomic E-state index is 0.239. The van der Waals surface area contributed by atoms with Crippen molar-refractivity contribution in [3.63, 3.8) is 0 Å². The lowest BCUT2D eigenvalue weighted by Gasteiger charge is -2.14. The predicted octanol–water partition coefficient (Wildman–Crippen LogP) is 2.75. The predicted molar refractivity (Wildman–Crippen MR) is 113 cm³/mol. The number of hydrogen-bond acceptors (Lipinski definition) is 7. The summed E-state index contributed by atoms with van der Waals surface area (Å²) < 4.78 is 22.3. The molecule has 9 heteroatoms. The molecule has 0 bridgehead atoms. The molecule has 9 nitrogen and oxygen atoms in total. The number of methoxy groups -OCH3 is 3. The van der Waals surface area contributed by atoms with Crippen LogP contribution in [0.3, 0.4) is 0 Å². The number of para-hydroxylation sites is 1. The minimum Gasteiger partial charge on any atom is -0.493 e. The Balaban J connectivity index is 1.74. The largest absolute Gasteiger partial charge is 0.493 e. The van der Waals surface area contributed by atoms with Gasteiger partial charge in [-0.2, -0.15) is 5.10 Å². The number of amides is 1. The molecular weight excluding hydrogens is 402 g/mol. The van der Waals surface area contributed by atoms with Gasteiger partial charge in [0.25, 0.3) is 5.91 Å². The van der Waals surface area contributed by atoms with Crippen molar-refractivity contribution in [1.29, 1.82) is 0 Å². The van der Waals surface area contributed by atoms with Crippen molar-refractivity contribution in [1.82, 2.24) is 9.78 Å². The molecule has 2 aromatic carbocycles. The van der Waals surface area contributed by atoms with Crippen molar-refractivity contribution in [2.75, 3.05) is 33.3 Å². The van der Waals surface area contributed by atoms with Gasteiger partial charge in [-0.1, -0.05) is 18.2 Å². The van der Waals surface area contributed by atoms with Gasteiger partial charge in [-0.05, 0) is 24.3 Å². The van der Waals surface area contributed by atoms with Crippen LogP contribution in [-0.2, 0) is 16.1 Å². The van der Waals surface area contributed by atoms with Gasteiger partial charge in [0.15, 0.2) is 18.1 Å². The van der Waals surface area contributed by atoms with Gasteiger partial charge in [0.05, 0.1) is 34.1 Å². The van der Waals surface area contributed by atoms with Gasteiger partial charge in [0, 0.05) is 17.2 Å². The summed E-state index contributed by atoms with van der Waals surface area (Å²) in [6, 6.07) is 13.8. The third-order valence-corrected chi connectivity index (χ3v) is 4.44. The molecule has 0 aliphatic rings. The molecule has 0 atom stereocenters. The van der Waals surface area contributed by atoms with Gasteiger partial charge in [0.2, 0.25) is 0 Å². The highest BCUT2D eigenvalue weighted by Crippen LogP contribution is 2.31. The maximum Gasteiger partial charge on any atom is 0.343 e. The van der Waals surface area contributed by atoms with Crippen molar-refractivity contribution < 1.29 is 28.5 Å². The number of esters is 1. The van der Waals surface area contributed by atoms with Crippen molar-refractivity contribution in [3.8, 4) is 17.2 Å². The van der Waals surface area contributed by atoms with Crippen LogP contribution in [0, 0.1) is 0 Å². The first-order valence-corrected chi connectivity index (χ1v) is 9.38. The number of carbonyl (C=O) groups is 2. The summed E-state index contributed by atoms with van der Waals surface area (Å²) in [5, 5.41) is 7.13. The third-order valence-electron chi connectivity index (χ3n) is 4.44. The first-order valence-electron chi connectivity index (χ1n) is 9.38. The second-order valence-corrected chi connectivity index (χ2v) is 6.37. The molecule has 162 valence electrons. The summed E-state index contributed by atoms with van der Waals surface area (Å²) in [5.74, 6) is 1.26. The molecule has 0 aliphatic heterocycles. The Kier molecular flexibility index (Phi) is 7.10. The molecule has 0 aliphatic carbocycles. The Bertz CT molecular complexity index is 1060. The molecule has 0 unspecified atom stereocenters. The molecule has 1 amide bonds. The fourth-order valence-electron chi connectivity index (χ4n) is 2.92. The van der Waals surface area contributed by atoms with Gasteiger partial charge in [-0.3, -0.25) is 4.79 Å². The quantitative estimate of drug-likeness (QED) is 0.526. The number of hydrogen-bond donors (Lipinski definition) is 1. The standard InChI is InChI=1S/C22H23N3O6/c1-28-18-9-5-7-16(21(18)30-3)13-25-19(10-11-23-25)24-22(27)15-6-4-8-17(12-15)31-14-20(26)29-2/h4-12H,13-14H2,1-3H3,(H,24,27). The number of aromatic nitrogens is 2. The lowest BCUT2D eigenvalue weighted by molar-refractivity contribution is -0.142. The molecule has 0 fully saturated rings. The van der Waals surface area contributed by atoms with Crippen LogP contribution in [-0.4, -0.2) is 49.6 Å². The van der Waals surface area contributed by atoms with Crippen LogP contribution in [0.2, 0.25) is 0 Å². The average Bonchev–Trinajstić information content (AvgIpc) is 3.23. The Hall–Kier alpha value is -4.01. The Morgan fingerprint density at radius 2 is 1.84 bits per heavy atom. The average molecular weight is 425 g/mol. The summed E-state index contributed by atoms with van der Waals surface area (Å²) in [5.41, 5.74) is 1.22. The Morgan fingerprint density at radius 3 is 2.58 bits per heavy atom. The lowest BCUT2D eigenvalue weighted by atomic mass is 10.2. The van der Waals surface area contributed by atoms with E-state index in [1.807, 2.05) is 18.2 Å². The van der Waals surface area contributed by atoms with E-state index in [2.05, 4.69) is 15.2 Å². The zero-order valence-electron chi connectivity index (χ0n) is 17.5. The van der Waals surface area contributed by atoms with E-state index in [1.165, 1.54) is 7.11 Å². The van der Waals surface area contributed by atoms with Crippen molar-refractivity contribution in [2.45, 2.75) is 6.54 Å². The van der Waals surface area contributed by atoms with Crippen LogP contribution in [0.15, 0.2) is 54.7 Å². The van der Waals surface area contributed by atoms with E-state index in [-0.39, 0.29) is 12.5 Å². The summed E-state index contributed by atoms with van der Waals surface area (Å²) in [7, 11) is 4.42. The van der Waals surface area contributed by atoms with Crippen LogP contribution in [0.4, 0.5) is 5.82 Å². The third kappa shape index (κ3) is 5.33. The van der Waals surface area contributed by atoms with Gasteiger partial charge >= 0.3 is 5.97 Å². The van der Waals surface area contributed by atoms with Gasteiger partial charge < -0.3 is 24.3 Å². The molecule has 0 radical (unpaired) electrons. The van der Waals surface area contributed by atoms with E-state index < -0.39 is 5.97 Å². The second-order valence-electron chi connectivity index (χ2n) is 6.37. The highest BCUT2D eigenvalue weighted by molar-refractivity contribution is 6.04. The van der Waals surface area contributed by atoms with E-state index >= 15 is 0 Å². The first kappa shape index (κ1) is 21.7. The topological polar surface area (TPSA) is 101 Å². The van der Waals surface area contributed by atoms with Gasteiger partial charge in [-0.25, -0.2) is 9.48 Å². The van der Waals surface area contributed by atoms with Crippen molar-refractivity contribution in [3.05, 3.63) is 65.9 Å². The number of nitrogens with zero attached hydrogens (tertiary/aromatic N) is 2. The molecule has 1 heterocycles. The zero-order chi connectivity index (χ0) is 22.2. The summed E-state index contributed by atoms with van der Waals surface area (Å²) >= 11 is 0. The molecule has 0 saturated carbocycles. The Labute approximate surface area is 179 Å². The monoisotopic (exact) mass is 425 g/mol. The highest BCUT2D eigenvalue weighted by atomic mass is 16.6. The van der Waals surface area contributed by atoms with E-state index in [4.69, 9.17) is 14.2 Å². The van der Waals surface area contributed by atoms with Crippen LogP contribution in [0.1, 0.15) is 15.9 Å². The normalized spacial score (nSPS) is 10.3. The number of benzene rings is 2. The van der Waals surface area contributed by atoms with Crippen molar-refractivity contribution >= 4 is 17.7 Å². The van der Waals surface area contributed by atoms with Crippen LogP contribution in [0.5, 0.6) is 17.2 Å². The van der Waals surface area contributed by atoms with Gasteiger partial charge in [0.1, 0.15) is 11.6 Å². The highest BCUT2D eigenvalue weighted by Gasteiger charge is 2.14. The molecule has 31 heavy (non-hydrogen) atoms. The number of rotatable bonds is 9. The molecule has 0 saturated heterocycles. The fourth-order valence-corrected chi connectivity index (χ4v) is 2.92. The SMILES string of the molecule is COC(=O)COc1cccc(C(=O)Nc2ccnn2Cc2cccc(OC)c2OC)c1. The number of nitrogens with one attached hydrogen (secondary N) is 1. The van der Waals surface area contributed by atoms with E-state index in [0.717, 1.165) is 5.56 Å². The smallest absolute Gasteiger partial charge is 0.343 e. The molecule has 3 aromatic rings. The zero-order valence-corrected chi connectivity index (χ0v) is 17.5. The molecule has 3 rings (SSSR count). The summed E-state index contributed by atoms with van der Waals surface area (Å²) in [6.45, 7) is 0.127. The minimum atomic E-state index is -0.508. The maximum atomic E-state index is 12.7. The number of anilines is 1.